The van der Waals surface area contributed by atoms with Gasteiger partial charge >= 0.3 is 6.18 Å². The predicted molar refractivity (Wildman–Crippen MR) is 95.8 cm³/mol. The Kier molecular flexibility index (Phi) is 4.06. The lowest BCUT2D eigenvalue weighted by Gasteiger charge is -2.28. The average Bonchev–Trinajstić information content (AvgIpc) is 3.02. The van der Waals surface area contributed by atoms with Gasteiger partial charge in [0, 0.05) is 29.9 Å². The van der Waals surface area contributed by atoms with Crippen molar-refractivity contribution in [3.8, 4) is 16.8 Å². The molecule has 4 nitrogen and oxygen atoms in total. The molecule has 1 aromatic carbocycles. The van der Waals surface area contributed by atoms with Gasteiger partial charge in [0.2, 0.25) is 0 Å². The zero-order chi connectivity index (χ0) is 20.3. The average molecular weight is 390 g/mol. The van der Waals surface area contributed by atoms with E-state index in [0.717, 1.165) is 25.2 Å². The molecule has 2 aromatic heterocycles. The van der Waals surface area contributed by atoms with Gasteiger partial charge in [-0.05, 0) is 56.5 Å². The van der Waals surface area contributed by atoms with E-state index in [1.165, 1.54) is 24.5 Å². The Morgan fingerprint density at radius 1 is 1.00 bits per heavy atom. The molecule has 28 heavy (non-hydrogen) atoms. The number of hydrogen-bond acceptors (Lipinski definition) is 3. The van der Waals surface area contributed by atoms with Gasteiger partial charge in [0.1, 0.15) is 17.5 Å². The van der Waals surface area contributed by atoms with E-state index in [0.29, 0.717) is 29.9 Å². The van der Waals surface area contributed by atoms with E-state index in [1.54, 1.807) is 13.0 Å². The fraction of sp³-hybridized carbons (Fsp3) is 0.350. The minimum Gasteiger partial charge on any atom is -0.283 e. The smallest absolute Gasteiger partial charge is 0.283 e. The molecular formula is C20H18F4N4. The van der Waals surface area contributed by atoms with E-state index in [-0.39, 0.29) is 11.1 Å². The molecule has 0 amide bonds. The molecule has 3 aromatic rings. The fourth-order valence-electron chi connectivity index (χ4n) is 3.46. The van der Waals surface area contributed by atoms with Crippen molar-refractivity contribution < 1.29 is 17.6 Å². The van der Waals surface area contributed by atoms with Crippen LogP contribution in [0.2, 0.25) is 0 Å². The summed E-state index contributed by atoms with van der Waals surface area (Å²) >= 11 is 0. The van der Waals surface area contributed by atoms with Gasteiger partial charge in [-0.15, -0.1) is 10.2 Å². The zero-order valence-corrected chi connectivity index (χ0v) is 15.6. The second-order valence-corrected chi connectivity index (χ2v) is 7.54. The number of aryl methyl sites for hydroxylation is 3. The van der Waals surface area contributed by atoms with E-state index in [2.05, 4.69) is 15.2 Å². The van der Waals surface area contributed by atoms with Crippen molar-refractivity contribution in [3.63, 3.8) is 0 Å². The van der Waals surface area contributed by atoms with Crippen LogP contribution in [0.25, 0.3) is 16.8 Å². The molecule has 0 saturated carbocycles. The second-order valence-electron chi connectivity index (χ2n) is 7.54. The van der Waals surface area contributed by atoms with Gasteiger partial charge in [-0.1, -0.05) is 0 Å². The Morgan fingerprint density at radius 3 is 2.46 bits per heavy atom. The number of pyridine rings is 1. The number of hydrogen-bond donors (Lipinski definition) is 0. The Hall–Kier alpha value is -2.77. The molecule has 0 bridgehead atoms. The number of alkyl halides is 3. The number of rotatable bonds is 2. The van der Waals surface area contributed by atoms with Crippen LogP contribution in [0.4, 0.5) is 17.6 Å². The summed E-state index contributed by atoms with van der Waals surface area (Å²) in [6.45, 7) is 3.98. The maximum Gasteiger partial charge on any atom is 0.397 e. The normalized spacial score (nSPS) is 14.0. The van der Waals surface area contributed by atoms with E-state index in [4.69, 9.17) is 0 Å². The molecule has 0 radical (unpaired) electrons. The Bertz CT molecular complexity index is 1070. The second kappa shape index (κ2) is 6.12. The lowest BCUT2D eigenvalue weighted by molar-refractivity contribution is -0.180. The van der Waals surface area contributed by atoms with Gasteiger partial charge in [0.25, 0.3) is 0 Å². The predicted octanol–water partition coefficient (Wildman–Crippen LogP) is 4.72. The van der Waals surface area contributed by atoms with E-state index in [1.807, 2.05) is 4.57 Å². The van der Waals surface area contributed by atoms with Gasteiger partial charge in [-0.2, -0.15) is 13.2 Å². The molecule has 1 aliphatic rings. The van der Waals surface area contributed by atoms with Crippen molar-refractivity contribution >= 4 is 0 Å². The first-order chi connectivity index (χ1) is 13.1. The number of fused-ring (bicyclic) bond motifs is 3. The van der Waals surface area contributed by atoms with Crippen molar-refractivity contribution in [2.24, 2.45) is 0 Å². The van der Waals surface area contributed by atoms with Gasteiger partial charge in [-0.25, -0.2) is 4.39 Å². The number of halogens is 4. The van der Waals surface area contributed by atoms with Crippen LogP contribution in [0, 0.1) is 12.7 Å². The van der Waals surface area contributed by atoms with E-state index in [9.17, 15) is 17.6 Å². The summed E-state index contributed by atoms with van der Waals surface area (Å²) in [6.07, 6.45) is -0.552. The van der Waals surface area contributed by atoms with Crippen molar-refractivity contribution in [1.82, 2.24) is 19.7 Å². The minimum atomic E-state index is -4.44. The van der Waals surface area contributed by atoms with Gasteiger partial charge in [0.15, 0.2) is 0 Å². The molecule has 0 atom stereocenters. The molecule has 8 heteroatoms. The van der Waals surface area contributed by atoms with Crippen LogP contribution in [-0.2, 0) is 18.3 Å². The van der Waals surface area contributed by atoms with Crippen LogP contribution in [0.5, 0.6) is 0 Å². The maximum atomic E-state index is 15.0. The van der Waals surface area contributed by atoms with Gasteiger partial charge < -0.3 is 0 Å². The largest absolute Gasteiger partial charge is 0.397 e. The molecule has 0 unspecified atom stereocenters. The van der Waals surface area contributed by atoms with Crippen molar-refractivity contribution in [3.05, 3.63) is 59.2 Å². The molecule has 4 rings (SSSR count). The molecule has 0 saturated heterocycles. The summed E-state index contributed by atoms with van der Waals surface area (Å²) in [5.74, 6) is 0.912. The fourth-order valence-corrected chi connectivity index (χ4v) is 3.46. The monoisotopic (exact) mass is 390 g/mol. The first-order valence-corrected chi connectivity index (χ1v) is 8.86. The zero-order valence-electron chi connectivity index (χ0n) is 15.6. The molecule has 0 N–H and O–H groups in total. The first kappa shape index (κ1) is 18.6. The van der Waals surface area contributed by atoms with E-state index < -0.39 is 17.4 Å². The Balaban J connectivity index is 1.82. The summed E-state index contributed by atoms with van der Waals surface area (Å²) < 4.78 is 56.9. The lowest BCUT2D eigenvalue weighted by atomic mass is 9.84. The number of aromatic nitrogens is 4. The maximum absolute atomic E-state index is 15.0. The number of benzene rings is 1. The third kappa shape index (κ3) is 2.78. The third-order valence-electron chi connectivity index (χ3n) is 5.40. The molecule has 0 spiro atoms. The summed E-state index contributed by atoms with van der Waals surface area (Å²) in [4.78, 5) is 3.94. The highest BCUT2D eigenvalue weighted by molar-refractivity contribution is 5.68. The lowest BCUT2D eigenvalue weighted by Crippen LogP contribution is -2.36. The highest BCUT2D eigenvalue weighted by atomic mass is 19.4. The highest BCUT2D eigenvalue weighted by Crippen LogP contribution is 2.41. The van der Waals surface area contributed by atoms with Crippen molar-refractivity contribution in [2.45, 2.75) is 45.2 Å². The topological polar surface area (TPSA) is 43.6 Å². The van der Waals surface area contributed by atoms with Gasteiger partial charge in [0.05, 0.1) is 11.1 Å². The SMILES string of the molecule is Cc1nnc2n1-c1cc(F)c(-c3cncc(C(C)(C)C(F)(F)F)c3)cc1CC2. The van der Waals surface area contributed by atoms with Crippen LogP contribution in [0.15, 0.2) is 30.6 Å². The summed E-state index contributed by atoms with van der Waals surface area (Å²) in [5.41, 5.74) is 0.0278. The Labute approximate surface area is 159 Å². The third-order valence-corrected chi connectivity index (χ3v) is 5.40. The first-order valence-electron chi connectivity index (χ1n) is 8.86. The van der Waals surface area contributed by atoms with Crippen LogP contribution < -0.4 is 0 Å². The standard InChI is InChI=1S/C20H18F4N4/c1-11-26-27-18-5-4-12-7-15(16(21)8-17(12)28(11)18)13-6-14(10-25-9-13)19(2,3)20(22,23)24/h6-10H,4-5H2,1-3H3. The Morgan fingerprint density at radius 2 is 1.75 bits per heavy atom. The molecule has 1 aliphatic heterocycles. The molecule has 0 aliphatic carbocycles. The van der Waals surface area contributed by atoms with Gasteiger partial charge in [-0.3, -0.25) is 9.55 Å². The highest BCUT2D eigenvalue weighted by Gasteiger charge is 2.48. The number of nitrogens with zero attached hydrogens (tertiary/aromatic N) is 4. The molecule has 0 fully saturated rings. The quantitative estimate of drug-likeness (QED) is 0.595. The molecule has 146 valence electrons. The van der Waals surface area contributed by atoms with Crippen LogP contribution in [0.3, 0.4) is 0 Å². The van der Waals surface area contributed by atoms with Crippen molar-refractivity contribution in [1.29, 1.82) is 0 Å². The summed E-state index contributed by atoms with van der Waals surface area (Å²) in [5, 5.41) is 8.14. The molecule has 3 heterocycles. The van der Waals surface area contributed by atoms with Crippen LogP contribution in [-0.4, -0.2) is 25.9 Å². The van der Waals surface area contributed by atoms with Crippen LogP contribution in [0.1, 0.15) is 36.6 Å². The van der Waals surface area contributed by atoms with Crippen molar-refractivity contribution in [2.75, 3.05) is 0 Å². The minimum absolute atomic E-state index is 0.00781. The molecular weight excluding hydrogens is 372 g/mol. The summed E-state index contributed by atoms with van der Waals surface area (Å²) in [7, 11) is 0. The summed E-state index contributed by atoms with van der Waals surface area (Å²) in [6, 6.07) is 4.45. The van der Waals surface area contributed by atoms with E-state index >= 15 is 0 Å². The van der Waals surface area contributed by atoms with Crippen LogP contribution >= 0.6 is 0 Å².